The Kier molecular flexibility index (Phi) is 5.61. The number of hydrogen-bond acceptors (Lipinski definition) is 2. The topological polar surface area (TPSA) is 23.6 Å². The molecule has 0 aromatic carbocycles. The maximum absolute atomic E-state index is 11.4. The van der Waals surface area contributed by atoms with Gasteiger partial charge >= 0.3 is 0 Å². The fourth-order valence-corrected chi connectivity index (χ4v) is 2.10. The Morgan fingerprint density at radius 1 is 1.27 bits per heavy atom. The minimum Gasteiger partial charge on any atom is -0.339 e. The molecular weight excluding hydrogens is 256 g/mol. The van der Waals surface area contributed by atoms with Crippen LogP contribution in [-0.2, 0) is 4.79 Å². The number of halogens is 1. The Morgan fingerprint density at radius 2 is 1.87 bits per heavy atom. The van der Waals surface area contributed by atoms with E-state index in [4.69, 9.17) is 0 Å². The quantitative estimate of drug-likeness (QED) is 0.728. The van der Waals surface area contributed by atoms with E-state index in [1.165, 1.54) is 13.0 Å². The van der Waals surface area contributed by atoms with E-state index < -0.39 is 0 Å². The zero-order valence-corrected chi connectivity index (χ0v) is 11.3. The number of alkyl halides is 1. The second-order valence-electron chi connectivity index (χ2n) is 4.54. The molecule has 0 atom stereocenters. The lowest BCUT2D eigenvalue weighted by molar-refractivity contribution is -0.129. The maximum Gasteiger partial charge on any atom is 0.233 e. The summed E-state index contributed by atoms with van der Waals surface area (Å²) in [6.07, 6.45) is 1.26. The van der Waals surface area contributed by atoms with Crippen LogP contribution in [0.1, 0.15) is 20.3 Å². The van der Waals surface area contributed by atoms with Crippen LogP contribution >= 0.6 is 15.9 Å². The number of carbonyl (C=O) groups excluding carboxylic acids is 1. The van der Waals surface area contributed by atoms with Crippen LogP contribution in [0.4, 0.5) is 0 Å². The van der Waals surface area contributed by atoms with Gasteiger partial charge in [0.05, 0.1) is 5.33 Å². The molecule has 0 spiro atoms. The molecule has 1 rings (SSSR count). The predicted octanol–water partition coefficient (Wildman–Crippen LogP) is 1.57. The third-order valence-electron chi connectivity index (χ3n) is 2.86. The summed E-state index contributed by atoms with van der Waals surface area (Å²) >= 11 is 3.21. The van der Waals surface area contributed by atoms with Crippen LogP contribution in [0, 0.1) is 5.92 Å². The summed E-state index contributed by atoms with van der Waals surface area (Å²) in [5, 5.41) is 0.457. The minimum absolute atomic E-state index is 0.221. The van der Waals surface area contributed by atoms with Crippen molar-refractivity contribution in [3.8, 4) is 0 Å². The van der Waals surface area contributed by atoms with Crippen LogP contribution < -0.4 is 0 Å². The Balaban J connectivity index is 2.21. The van der Waals surface area contributed by atoms with Crippen LogP contribution in [0.5, 0.6) is 0 Å². The molecular formula is C11H21BrN2O. The van der Waals surface area contributed by atoms with Gasteiger partial charge in [-0.2, -0.15) is 0 Å². The summed E-state index contributed by atoms with van der Waals surface area (Å²) in [4.78, 5) is 15.8. The highest BCUT2D eigenvalue weighted by Gasteiger charge is 2.19. The Morgan fingerprint density at radius 3 is 2.33 bits per heavy atom. The van der Waals surface area contributed by atoms with Crippen LogP contribution in [0.15, 0.2) is 0 Å². The van der Waals surface area contributed by atoms with Crippen molar-refractivity contribution in [2.45, 2.75) is 20.3 Å². The van der Waals surface area contributed by atoms with Crippen LogP contribution in [0.3, 0.4) is 0 Å². The van der Waals surface area contributed by atoms with Crippen molar-refractivity contribution in [2.75, 3.05) is 38.1 Å². The van der Waals surface area contributed by atoms with Crippen LogP contribution in [-0.4, -0.2) is 53.8 Å². The first kappa shape index (κ1) is 13.0. The van der Waals surface area contributed by atoms with E-state index in [9.17, 15) is 4.79 Å². The van der Waals surface area contributed by atoms with Crippen molar-refractivity contribution in [1.29, 1.82) is 0 Å². The van der Waals surface area contributed by atoms with E-state index in [2.05, 4.69) is 34.7 Å². The number of amides is 1. The molecule has 0 aliphatic carbocycles. The molecule has 1 aliphatic rings. The fraction of sp³-hybridized carbons (Fsp3) is 0.909. The average molecular weight is 277 g/mol. The zero-order chi connectivity index (χ0) is 11.3. The van der Waals surface area contributed by atoms with Gasteiger partial charge in [0, 0.05) is 26.2 Å². The first-order valence-electron chi connectivity index (χ1n) is 5.69. The van der Waals surface area contributed by atoms with E-state index in [0.717, 1.165) is 32.1 Å². The molecule has 1 saturated heterocycles. The highest BCUT2D eigenvalue weighted by Crippen LogP contribution is 2.07. The summed E-state index contributed by atoms with van der Waals surface area (Å²) in [5.74, 6) is 0.991. The van der Waals surface area contributed by atoms with Gasteiger partial charge < -0.3 is 4.90 Å². The molecule has 0 aromatic rings. The molecule has 0 radical (unpaired) electrons. The van der Waals surface area contributed by atoms with E-state index in [-0.39, 0.29) is 5.91 Å². The Hall–Kier alpha value is -0.0900. The van der Waals surface area contributed by atoms with Crippen LogP contribution in [0.2, 0.25) is 0 Å². The summed E-state index contributed by atoms with van der Waals surface area (Å²) in [5.41, 5.74) is 0. The number of carbonyl (C=O) groups is 1. The lowest BCUT2D eigenvalue weighted by Crippen LogP contribution is -2.49. The third kappa shape index (κ3) is 4.51. The van der Waals surface area contributed by atoms with Crippen molar-refractivity contribution in [2.24, 2.45) is 5.92 Å². The van der Waals surface area contributed by atoms with Crippen molar-refractivity contribution in [1.82, 2.24) is 9.80 Å². The van der Waals surface area contributed by atoms with E-state index >= 15 is 0 Å². The lowest BCUT2D eigenvalue weighted by Gasteiger charge is -2.34. The standard InChI is InChI=1S/C11H21BrN2O/c1-10(2)3-4-13-5-7-14(8-6-13)11(15)9-12/h10H,3-9H2,1-2H3. The highest BCUT2D eigenvalue weighted by molar-refractivity contribution is 9.09. The molecule has 0 aromatic heterocycles. The molecule has 0 saturated carbocycles. The van der Waals surface area contributed by atoms with Gasteiger partial charge in [-0.3, -0.25) is 9.69 Å². The maximum atomic E-state index is 11.4. The van der Waals surface area contributed by atoms with Crippen molar-refractivity contribution < 1.29 is 4.79 Å². The SMILES string of the molecule is CC(C)CCN1CCN(C(=O)CBr)CC1. The third-order valence-corrected chi connectivity index (χ3v) is 3.34. The molecule has 0 bridgehead atoms. The molecule has 88 valence electrons. The van der Waals surface area contributed by atoms with E-state index in [1.807, 2.05) is 4.90 Å². The molecule has 0 N–H and O–H groups in total. The number of hydrogen-bond donors (Lipinski definition) is 0. The summed E-state index contributed by atoms with van der Waals surface area (Å²) in [6.45, 7) is 9.53. The summed E-state index contributed by atoms with van der Waals surface area (Å²) in [6, 6.07) is 0. The average Bonchev–Trinajstić information content (AvgIpc) is 2.26. The van der Waals surface area contributed by atoms with Crippen molar-refractivity contribution in [3.63, 3.8) is 0 Å². The van der Waals surface area contributed by atoms with Gasteiger partial charge in [-0.15, -0.1) is 0 Å². The molecule has 1 aliphatic heterocycles. The van der Waals surface area contributed by atoms with Gasteiger partial charge in [0.2, 0.25) is 5.91 Å². The Labute approximate surface area is 101 Å². The molecule has 3 nitrogen and oxygen atoms in total. The van der Waals surface area contributed by atoms with Crippen molar-refractivity contribution in [3.05, 3.63) is 0 Å². The molecule has 4 heteroatoms. The predicted molar refractivity (Wildman–Crippen MR) is 66.3 cm³/mol. The van der Waals surface area contributed by atoms with Gasteiger partial charge in [0.25, 0.3) is 0 Å². The highest BCUT2D eigenvalue weighted by atomic mass is 79.9. The largest absolute Gasteiger partial charge is 0.339 e. The van der Waals surface area contributed by atoms with E-state index in [0.29, 0.717) is 5.33 Å². The van der Waals surface area contributed by atoms with Gasteiger partial charge in [-0.05, 0) is 18.9 Å². The van der Waals surface area contributed by atoms with Crippen LogP contribution in [0.25, 0.3) is 0 Å². The minimum atomic E-state index is 0.221. The fourth-order valence-electron chi connectivity index (χ4n) is 1.75. The first-order chi connectivity index (χ1) is 7.13. The lowest BCUT2D eigenvalue weighted by atomic mass is 10.1. The second kappa shape index (κ2) is 6.48. The molecule has 15 heavy (non-hydrogen) atoms. The molecule has 1 fully saturated rings. The number of nitrogens with zero attached hydrogens (tertiary/aromatic N) is 2. The van der Waals surface area contributed by atoms with Gasteiger partial charge in [0.15, 0.2) is 0 Å². The summed E-state index contributed by atoms with van der Waals surface area (Å²) < 4.78 is 0. The normalized spacial score (nSPS) is 18.5. The van der Waals surface area contributed by atoms with Gasteiger partial charge in [-0.25, -0.2) is 0 Å². The van der Waals surface area contributed by atoms with E-state index in [1.54, 1.807) is 0 Å². The smallest absolute Gasteiger partial charge is 0.233 e. The molecule has 0 unspecified atom stereocenters. The van der Waals surface area contributed by atoms with Gasteiger partial charge in [0.1, 0.15) is 0 Å². The summed E-state index contributed by atoms with van der Waals surface area (Å²) in [7, 11) is 0. The van der Waals surface area contributed by atoms with Crippen molar-refractivity contribution >= 4 is 21.8 Å². The molecule has 1 heterocycles. The number of piperazine rings is 1. The zero-order valence-electron chi connectivity index (χ0n) is 9.71. The second-order valence-corrected chi connectivity index (χ2v) is 5.10. The Bertz CT molecular complexity index is 201. The monoisotopic (exact) mass is 276 g/mol. The first-order valence-corrected chi connectivity index (χ1v) is 6.81. The molecule has 1 amide bonds. The number of rotatable bonds is 4. The van der Waals surface area contributed by atoms with Gasteiger partial charge in [-0.1, -0.05) is 29.8 Å².